The highest BCUT2D eigenvalue weighted by Gasteiger charge is 2.44. The van der Waals surface area contributed by atoms with Crippen LogP contribution in [-0.4, -0.2) is 40.1 Å². The van der Waals surface area contributed by atoms with E-state index in [-0.39, 0.29) is 5.91 Å². The van der Waals surface area contributed by atoms with E-state index in [1.807, 2.05) is 23.6 Å². The number of thiazole rings is 1. The van der Waals surface area contributed by atoms with E-state index in [4.69, 9.17) is 16.6 Å². The maximum Gasteiger partial charge on any atom is 0.252 e. The molecule has 1 N–H and O–H groups in total. The molecule has 5 nitrogen and oxygen atoms in total. The Labute approximate surface area is 184 Å². The van der Waals surface area contributed by atoms with Gasteiger partial charge in [0.2, 0.25) is 0 Å². The smallest absolute Gasteiger partial charge is 0.252 e. The van der Waals surface area contributed by atoms with Gasteiger partial charge in [0.15, 0.2) is 0 Å². The van der Waals surface area contributed by atoms with Crippen molar-refractivity contribution in [2.75, 3.05) is 18.4 Å². The first-order valence-electron chi connectivity index (χ1n) is 10.0. The number of carbonyl (C=O) groups is 1. The molecule has 0 radical (unpaired) electrons. The number of hydrogen-bond donors (Lipinski definition) is 1. The topological polar surface area (TPSA) is 57.6 Å². The van der Waals surface area contributed by atoms with Crippen molar-refractivity contribution in [1.82, 2.24) is 9.88 Å². The number of likely N-dealkylation sites (tertiary alicyclic amines) is 1. The first-order chi connectivity index (χ1) is 14.6. The van der Waals surface area contributed by atoms with E-state index >= 15 is 0 Å². The SMILES string of the molecule is O=C1Nc2ccc(Cl)cc2C(c2nccs2)=NC12CCN(Cc1ccccc1)CC2. The molecule has 5 rings (SSSR count). The second-order valence-corrected chi connectivity index (χ2v) is 9.07. The maximum atomic E-state index is 13.3. The van der Waals surface area contributed by atoms with E-state index < -0.39 is 5.54 Å². The number of carbonyl (C=O) groups excluding carboxylic acids is 1. The molecule has 0 unspecified atom stereocenters. The van der Waals surface area contributed by atoms with Gasteiger partial charge in [0, 0.05) is 41.8 Å². The van der Waals surface area contributed by atoms with Crippen LogP contribution < -0.4 is 5.32 Å². The van der Waals surface area contributed by atoms with Crippen LogP contribution >= 0.6 is 22.9 Å². The standard InChI is InChI=1S/C23H21ClN4OS/c24-17-6-7-19-18(14-17)20(21-25-10-13-30-21)27-23(22(29)26-19)8-11-28(12-9-23)15-16-4-2-1-3-5-16/h1-7,10,13-14H,8-9,11-12,15H2,(H,26,29). The third-order valence-corrected chi connectivity index (χ3v) is 6.82. The van der Waals surface area contributed by atoms with E-state index in [0.717, 1.165) is 41.6 Å². The summed E-state index contributed by atoms with van der Waals surface area (Å²) in [5.74, 6) is -0.0445. The molecule has 1 fully saturated rings. The van der Waals surface area contributed by atoms with E-state index in [2.05, 4.69) is 39.5 Å². The van der Waals surface area contributed by atoms with Crippen LogP contribution in [0.3, 0.4) is 0 Å². The van der Waals surface area contributed by atoms with Gasteiger partial charge in [-0.05, 0) is 36.6 Å². The molecule has 3 heterocycles. The Morgan fingerprint density at radius 3 is 2.67 bits per heavy atom. The number of benzene rings is 2. The summed E-state index contributed by atoms with van der Waals surface area (Å²) < 4.78 is 0. The van der Waals surface area contributed by atoms with Crippen LogP contribution in [0.5, 0.6) is 0 Å². The Bertz CT molecular complexity index is 1090. The predicted octanol–water partition coefficient (Wildman–Crippen LogP) is 4.62. The van der Waals surface area contributed by atoms with Gasteiger partial charge in [-0.3, -0.25) is 14.7 Å². The number of anilines is 1. The number of aliphatic imine (C=N–C) groups is 1. The van der Waals surface area contributed by atoms with Gasteiger partial charge in [-0.1, -0.05) is 41.9 Å². The number of nitrogens with one attached hydrogen (secondary N) is 1. The third-order valence-electron chi connectivity index (χ3n) is 5.80. The molecule has 2 aromatic carbocycles. The minimum Gasteiger partial charge on any atom is -0.323 e. The van der Waals surface area contributed by atoms with Gasteiger partial charge in [-0.15, -0.1) is 11.3 Å². The van der Waals surface area contributed by atoms with Crippen LogP contribution in [0.15, 0.2) is 65.1 Å². The fourth-order valence-electron chi connectivity index (χ4n) is 4.15. The quantitative estimate of drug-likeness (QED) is 0.651. The third kappa shape index (κ3) is 3.67. The Kier molecular flexibility index (Phi) is 5.15. The number of halogens is 1. The lowest BCUT2D eigenvalue weighted by molar-refractivity contribution is -0.122. The van der Waals surface area contributed by atoms with Gasteiger partial charge < -0.3 is 5.32 Å². The molecular formula is C23H21ClN4OS. The molecule has 7 heteroatoms. The van der Waals surface area contributed by atoms with Crippen molar-refractivity contribution in [3.05, 3.63) is 81.3 Å². The molecule has 0 atom stereocenters. The minimum atomic E-state index is -0.792. The van der Waals surface area contributed by atoms with E-state index in [9.17, 15) is 4.79 Å². The summed E-state index contributed by atoms with van der Waals surface area (Å²) in [4.78, 5) is 25.3. The summed E-state index contributed by atoms with van der Waals surface area (Å²) in [6, 6.07) is 15.9. The highest BCUT2D eigenvalue weighted by Crippen LogP contribution is 2.36. The van der Waals surface area contributed by atoms with Gasteiger partial charge in [0.25, 0.3) is 5.91 Å². The van der Waals surface area contributed by atoms with Crippen molar-refractivity contribution >= 4 is 40.2 Å². The second kappa shape index (κ2) is 7.95. The van der Waals surface area contributed by atoms with Crippen LogP contribution in [0.1, 0.15) is 29.0 Å². The Morgan fingerprint density at radius 1 is 1.13 bits per heavy atom. The minimum absolute atomic E-state index is 0.0445. The zero-order valence-corrected chi connectivity index (χ0v) is 17.9. The molecule has 3 aromatic rings. The lowest BCUT2D eigenvalue weighted by atomic mass is 9.86. The monoisotopic (exact) mass is 436 g/mol. The number of aromatic nitrogens is 1. The first-order valence-corrected chi connectivity index (χ1v) is 11.3. The molecule has 30 heavy (non-hydrogen) atoms. The zero-order valence-electron chi connectivity index (χ0n) is 16.3. The van der Waals surface area contributed by atoms with Crippen molar-refractivity contribution in [2.24, 2.45) is 4.99 Å². The number of nitrogens with zero attached hydrogens (tertiary/aromatic N) is 3. The average Bonchev–Trinajstić information content (AvgIpc) is 3.27. The summed E-state index contributed by atoms with van der Waals surface area (Å²) >= 11 is 7.80. The van der Waals surface area contributed by atoms with Crippen molar-refractivity contribution < 1.29 is 4.79 Å². The predicted molar refractivity (Wildman–Crippen MR) is 122 cm³/mol. The molecule has 1 saturated heterocycles. The summed E-state index contributed by atoms with van der Waals surface area (Å²) in [7, 11) is 0. The summed E-state index contributed by atoms with van der Waals surface area (Å²) in [5, 5.41) is 6.46. The first kappa shape index (κ1) is 19.4. The molecule has 152 valence electrons. The van der Waals surface area contributed by atoms with Gasteiger partial charge in [0.05, 0.1) is 5.69 Å². The van der Waals surface area contributed by atoms with Crippen molar-refractivity contribution in [2.45, 2.75) is 24.9 Å². The number of amides is 1. The van der Waals surface area contributed by atoms with Crippen molar-refractivity contribution in [1.29, 1.82) is 0 Å². The molecule has 1 amide bonds. The van der Waals surface area contributed by atoms with Crippen LogP contribution in [0.2, 0.25) is 5.02 Å². The number of fused-ring (bicyclic) bond motifs is 1. The molecule has 0 aliphatic carbocycles. The zero-order chi connectivity index (χ0) is 20.6. The van der Waals surface area contributed by atoms with E-state index in [1.54, 1.807) is 12.3 Å². The largest absolute Gasteiger partial charge is 0.323 e. The van der Waals surface area contributed by atoms with Crippen LogP contribution in [-0.2, 0) is 11.3 Å². The molecule has 1 aromatic heterocycles. The molecular weight excluding hydrogens is 416 g/mol. The summed E-state index contributed by atoms with van der Waals surface area (Å²) in [6.07, 6.45) is 3.10. The molecule has 2 aliphatic rings. The highest BCUT2D eigenvalue weighted by atomic mass is 35.5. The van der Waals surface area contributed by atoms with Gasteiger partial charge in [-0.25, -0.2) is 4.98 Å². The van der Waals surface area contributed by atoms with Gasteiger partial charge in [-0.2, -0.15) is 0 Å². The fourth-order valence-corrected chi connectivity index (χ4v) is 4.96. The Morgan fingerprint density at radius 2 is 1.93 bits per heavy atom. The van der Waals surface area contributed by atoms with Crippen LogP contribution in [0.4, 0.5) is 5.69 Å². The molecule has 2 aliphatic heterocycles. The lowest BCUT2D eigenvalue weighted by Crippen LogP contribution is -2.50. The second-order valence-electron chi connectivity index (χ2n) is 7.74. The number of piperidine rings is 1. The molecule has 1 spiro atoms. The molecule has 0 saturated carbocycles. The summed E-state index contributed by atoms with van der Waals surface area (Å²) in [5.41, 5.74) is 2.81. The fraction of sp³-hybridized carbons (Fsp3) is 0.261. The number of rotatable bonds is 3. The van der Waals surface area contributed by atoms with Crippen LogP contribution in [0, 0.1) is 0 Å². The Balaban J connectivity index is 1.47. The highest BCUT2D eigenvalue weighted by molar-refractivity contribution is 7.12. The lowest BCUT2D eigenvalue weighted by Gasteiger charge is -2.37. The van der Waals surface area contributed by atoms with E-state index in [0.29, 0.717) is 17.9 Å². The van der Waals surface area contributed by atoms with Crippen molar-refractivity contribution in [3.63, 3.8) is 0 Å². The average molecular weight is 437 g/mol. The molecule has 0 bridgehead atoms. The number of hydrogen-bond acceptors (Lipinski definition) is 5. The van der Waals surface area contributed by atoms with Crippen molar-refractivity contribution in [3.8, 4) is 0 Å². The van der Waals surface area contributed by atoms with Gasteiger partial charge >= 0.3 is 0 Å². The normalized spacial score (nSPS) is 18.4. The summed E-state index contributed by atoms with van der Waals surface area (Å²) in [6.45, 7) is 2.51. The van der Waals surface area contributed by atoms with E-state index in [1.165, 1.54) is 16.9 Å². The van der Waals surface area contributed by atoms with Crippen LogP contribution in [0.25, 0.3) is 0 Å². The maximum absolute atomic E-state index is 13.3. The Hall–Kier alpha value is -2.54. The van der Waals surface area contributed by atoms with Gasteiger partial charge in [0.1, 0.15) is 16.3 Å².